The van der Waals surface area contributed by atoms with Crippen molar-refractivity contribution in [3.8, 4) is 0 Å². The first-order valence-corrected chi connectivity index (χ1v) is 6.69. The summed E-state index contributed by atoms with van der Waals surface area (Å²) in [5.41, 5.74) is 1.04. The zero-order valence-electron chi connectivity index (χ0n) is 10.7. The summed E-state index contributed by atoms with van der Waals surface area (Å²) < 4.78 is 3.09. The van der Waals surface area contributed by atoms with Crippen LogP contribution in [0.1, 0.15) is 26.3 Å². The third-order valence-corrected chi connectivity index (χ3v) is 3.89. The Labute approximate surface area is 115 Å². The zero-order valence-corrected chi connectivity index (χ0v) is 12.3. The van der Waals surface area contributed by atoms with Crippen molar-refractivity contribution in [2.24, 2.45) is 0 Å². The average molecular weight is 310 g/mol. The summed E-state index contributed by atoms with van der Waals surface area (Å²) in [4.78, 5) is 11.4. The molecule has 0 radical (unpaired) electrons. The Morgan fingerprint density at radius 2 is 2.11 bits per heavy atom. The summed E-state index contributed by atoms with van der Waals surface area (Å²) in [6.45, 7) is 6.36. The average Bonchev–Trinajstić information content (AvgIpc) is 2.67. The van der Waals surface area contributed by atoms with Crippen molar-refractivity contribution in [3.63, 3.8) is 0 Å². The molecule has 1 aromatic heterocycles. The number of halogens is 1. The molecule has 0 aliphatic carbocycles. The van der Waals surface area contributed by atoms with Gasteiger partial charge >= 0.3 is 5.97 Å². The Morgan fingerprint density at radius 3 is 2.67 bits per heavy atom. The Hall–Kier alpha value is -1.29. The van der Waals surface area contributed by atoms with Crippen molar-refractivity contribution in [3.05, 3.63) is 34.4 Å². The van der Waals surface area contributed by atoms with Gasteiger partial charge in [-0.25, -0.2) is 0 Å². The highest BCUT2D eigenvalue weighted by atomic mass is 79.9. The molecule has 1 aromatic carbocycles. The van der Waals surface area contributed by atoms with Crippen molar-refractivity contribution in [2.75, 3.05) is 0 Å². The number of nitrogens with zero attached hydrogens (tertiary/aromatic N) is 1. The van der Waals surface area contributed by atoms with Gasteiger partial charge in [0.15, 0.2) is 0 Å². The van der Waals surface area contributed by atoms with Gasteiger partial charge in [-0.2, -0.15) is 0 Å². The second-order valence-corrected chi connectivity index (χ2v) is 5.84. The zero-order chi connectivity index (χ0) is 13.5. The van der Waals surface area contributed by atoms with E-state index in [0.29, 0.717) is 0 Å². The number of aliphatic carboxylic acids is 1. The largest absolute Gasteiger partial charge is 0.481 e. The van der Waals surface area contributed by atoms with E-state index in [1.807, 2.05) is 24.4 Å². The molecule has 0 unspecified atom stereocenters. The fraction of sp³-hybridized carbons (Fsp3) is 0.357. The normalized spacial score (nSPS) is 12.0. The lowest BCUT2D eigenvalue weighted by atomic mass is 9.85. The number of hydrogen-bond donors (Lipinski definition) is 1. The third-order valence-electron chi connectivity index (χ3n) is 3.39. The molecule has 0 spiro atoms. The maximum atomic E-state index is 11.4. The molecule has 1 N–H and O–H groups in total. The first-order chi connectivity index (χ1) is 8.37. The lowest BCUT2D eigenvalue weighted by Crippen LogP contribution is -2.28. The molecule has 0 saturated carbocycles. The minimum atomic E-state index is -0.882. The van der Waals surface area contributed by atoms with Gasteiger partial charge in [0.25, 0.3) is 0 Å². The minimum absolute atomic E-state index is 0.805. The van der Waals surface area contributed by atoms with Gasteiger partial charge in [0.1, 0.15) is 0 Å². The van der Waals surface area contributed by atoms with Gasteiger partial charge in [0.2, 0.25) is 0 Å². The number of benzene rings is 1. The van der Waals surface area contributed by atoms with E-state index in [1.54, 1.807) is 13.8 Å². The maximum Gasteiger partial charge on any atom is 0.313 e. The third kappa shape index (κ3) is 1.94. The van der Waals surface area contributed by atoms with Crippen LogP contribution < -0.4 is 0 Å². The SMILES string of the molecule is CCn1cc(C(C)(C)C(=O)O)c2ccc(Br)cc21. The van der Waals surface area contributed by atoms with Crippen LogP contribution in [-0.2, 0) is 16.8 Å². The molecular weight excluding hydrogens is 294 g/mol. The Bertz CT molecular complexity index is 614. The van der Waals surface area contributed by atoms with Crippen molar-refractivity contribution in [2.45, 2.75) is 32.7 Å². The summed E-state index contributed by atoms with van der Waals surface area (Å²) >= 11 is 3.45. The lowest BCUT2D eigenvalue weighted by Gasteiger charge is -2.18. The second-order valence-electron chi connectivity index (χ2n) is 4.92. The van der Waals surface area contributed by atoms with Crippen LogP contribution in [0.15, 0.2) is 28.9 Å². The van der Waals surface area contributed by atoms with E-state index >= 15 is 0 Å². The summed E-state index contributed by atoms with van der Waals surface area (Å²) in [5, 5.41) is 10.4. The molecule has 0 aliphatic heterocycles. The minimum Gasteiger partial charge on any atom is -0.481 e. The van der Waals surface area contributed by atoms with Crippen molar-refractivity contribution in [1.82, 2.24) is 4.57 Å². The molecule has 0 saturated heterocycles. The van der Waals surface area contributed by atoms with Crippen LogP contribution in [0.5, 0.6) is 0 Å². The molecule has 1 heterocycles. The molecule has 3 nitrogen and oxygen atoms in total. The number of rotatable bonds is 3. The summed E-state index contributed by atoms with van der Waals surface area (Å²) in [5.74, 6) is -0.805. The van der Waals surface area contributed by atoms with Gasteiger partial charge in [-0.05, 0) is 38.5 Å². The van der Waals surface area contributed by atoms with E-state index in [1.165, 1.54) is 0 Å². The quantitative estimate of drug-likeness (QED) is 0.937. The molecule has 2 aromatic rings. The van der Waals surface area contributed by atoms with Crippen molar-refractivity contribution in [1.29, 1.82) is 0 Å². The molecular formula is C14H16BrNO2. The predicted octanol–water partition coefficient (Wildman–Crippen LogP) is 3.79. The van der Waals surface area contributed by atoms with Crippen LogP contribution >= 0.6 is 15.9 Å². The maximum absolute atomic E-state index is 11.4. The molecule has 0 aliphatic rings. The Morgan fingerprint density at radius 1 is 1.44 bits per heavy atom. The summed E-state index contributed by atoms with van der Waals surface area (Å²) in [6, 6.07) is 5.95. The standard InChI is InChI=1S/C14H16BrNO2/c1-4-16-8-11(14(2,3)13(17)18)10-6-5-9(15)7-12(10)16/h5-8H,4H2,1-3H3,(H,17,18). The molecule has 2 rings (SSSR count). The monoisotopic (exact) mass is 309 g/mol. The Balaban J connectivity index is 2.77. The molecule has 0 bridgehead atoms. The highest BCUT2D eigenvalue weighted by Crippen LogP contribution is 2.33. The number of carboxylic acid groups (broad SMARTS) is 1. The van der Waals surface area contributed by atoms with Gasteiger partial charge in [0, 0.05) is 28.1 Å². The fourth-order valence-corrected chi connectivity index (χ4v) is 2.49. The van der Waals surface area contributed by atoms with Gasteiger partial charge in [-0.1, -0.05) is 22.0 Å². The summed E-state index contributed by atoms with van der Waals surface area (Å²) in [7, 11) is 0. The first-order valence-electron chi connectivity index (χ1n) is 5.90. The van der Waals surface area contributed by atoms with Crippen LogP contribution in [0.4, 0.5) is 0 Å². The topological polar surface area (TPSA) is 42.2 Å². The number of aromatic nitrogens is 1. The highest BCUT2D eigenvalue weighted by Gasteiger charge is 2.32. The number of hydrogen-bond acceptors (Lipinski definition) is 1. The molecule has 96 valence electrons. The van der Waals surface area contributed by atoms with E-state index < -0.39 is 11.4 Å². The molecule has 18 heavy (non-hydrogen) atoms. The lowest BCUT2D eigenvalue weighted by molar-refractivity contribution is -0.142. The molecule has 0 fully saturated rings. The smallest absolute Gasteiger partial charge is 0.313 e. The first kappa shape index (κ1) is 13.1. The molecule has 0 amide bonds. The Kier molecular flexibility index (Phi) is 3.23. The van der Waals surface area contributed by atoms with E-state index in [9.17, 15) is 9.90 Å². The number of aryl methyl sites for hydroxylation is 1. The summed E-state index contributed by atoms with van der Waals surface area (Å²) in [6.07, 6.45) is 1.95. The van der Waals surface area contributed by atoms with Crippen LogP contribution in [0.25, 0.3) is 10.9 Å². The fourth-order valence-electron chi connectivity index (χ4n) is 2.14. The number of fused-ring (bicyclic) bond motifs is 1. The second kappa shape index (κ2) is 4.43. The number of carbonyl (C=O) groups is 1. The van der Waals surface area contributed by atoms with E-state index in [4.69, 9.17) is 0 Å². The van der Waals surface area contributed by atoms with Crippen LogP contribution in [0.2, 0.25) is 0 Å². The van der Waals surface area contributed by atoms with E-state index in [0.717, 1.165) is 27.5 Å². The van der Waals surface area contributed by atoms with Crippen LogP contribution in [-0.4, -0.2) is 15.6 Å². The predicted molar refractivity (Wildman–Crippen MR) is 76.0 cm³/mol. The van der Waals surface area contributed by atoms with Crippen LogP contribution in [0.3, 0.4) is 0 Å². The van der Waals surface area contributed by atoms with Gasteiger partial charge in [0.05, 0.1) is 5.41 Å². The highest BCUT2D eigenvalue weighted by molar-refractivity contribution is 9.10. The van der Waals surface area contributed by atoms with Crippen LogP contribution in [0, 0.1) is 0 Å². The molecule has 0 atom stereocenters. The van der Waals surface area contributed by atoms with Gasteiger partial charge in [-0.15, -0.1) is 0 Å². The van der Waals surface area contributed by atoms with Crippen molar-refractivity contribution < 1.29 is 9.90 Å². The molecule has 4 heteroatoms. The number of carboxylic acids is 1. The van der Waals surface area contributed by atoms with E-state index in [-0.39, 0.29) is 0 Å². The van der Waals surface area contributed by atoms with Crippen molar-refractivity contribution >= 4 is 32.8 Å². The van der Waals surface area contributed by atoms with Gasteiger partial charge in [-0.3, -0.25) is 4.79 Å². The van der Waals surface area contributed by atoms with Gasteiger partial charge < -0.3 is 9.67 Å². The van der Waals surface area contributed by atoms with E-state index in [2.05, 4.69) is 27.4 Å².